The summed E-state index contributed by atoms with van der Waals surface area (Å²) in [6, 6.07) is 1.31. The predicted molar refractivity (Wildman–Crippen MR) is 68.6 cm³/mol. The second-order valence-corrected chi connectivity index (χ2v) is 8.34. The lowest BCUT2D eigenvalue weighted by Crippen LogP contribution is -2.47. The van der Waals surface area contributed by atoms with Crippen molar-refractivity contribution in [2.24, 2.45) is 11.8 Å². The first-order chi connectivity index (χ1) is 7.67. The van der Waals surface area contributed by atoms with Gasteiger partial charge in [0.15, 0.2) is 0 Å². The van der Waals surface area contributed by atoms with Gasteiger partial charge in [-0.05, 0) is 11.8 Å². The minimum atomic E-state index is -2.75. The van der Waals surface area contributed by atoms with Crippen LogP contribution in [0.4, 0.5) is 0 Å². The van der Waals surface area contributed by atoms with Crippen LogP contribution in [0.1, 0.15) is 41.5 Å². The van der Waals surface area contributed by atoms with Crippen LogP contribution in [-0.4, -0.2) is 20.5 Å². The molecule has 17 heavy (non-hydrogen) atoms. The molecule has 0 spiro atoms. The number of carbonyl (C=O) groups excluding carboxylic acids is 2. The van der Waals surface area contributed by atoms with Crippen molar-refractivity contribution in [2.75, 3.05) is 0 Å². The van der Waals surface area contributed by atoms with Crippen LogP contribution in [0.5, 0.6) is 0 Å². The highest BCUT2D eigenvalue weighted by Crippen LogP contribution is 2.28. The first-order valence-corrected chi connectivity index (χ1v) is 8.29. The van der Waals surface area contributed by atoms with Gasteiger partial charge in [0.25, 0.3) is 11.9 Å². The average Bonchev–Trinajstić information content (AvgIpc) is 1.95. The van der Waals surface area contributed by atoms with Gasteiger partial charge in [0.05, 0.1) is 0 Å². The van der Waals surface area contributed by atoms with E-state index in [2.05, 4.69) is 0 Å². The van der Waals surface area contributed by atoms with Crippen molar-refractivity contribution in [1.82, 2.24) is 0 Å². The Labute approximate surface area is 105 Å². The Morgan fingerprint density at radius 2 is 1.18 bits per heavy atom. The molecule has 4 nitrogen and oxygen atoms in total. The van der Waals surface area contributed by atoms with Crippen molar-refractivity contribution in [3.63, 3.8) is 0 Å². The van der Waals surface area contributed by atoms with E-state index in [1.54, 1.807) is 0 Å². The van der Waals surface area contributed by atoms with Gasteiger partial charge >= 0.3 is 8.56 Å². The maximum atomic E-state index is 11.2. The van der Waals surface area contributed by atoms with Crippen LogP contribution < -0.4 is 0 Å². The first-order valence-electron chi connectivity index (χ1n) is 6.06. The SMILES string of the molecule is CC(=O)O[Si](CC(C)C)(CC(C)C)OC(C)=O. The molecule has 0 aliphatic rings. The van der Waals surface area contributed by atoms with Crippen molar-refractivity contribution in [2.45, 2.75) is 53.6 Å². The number of hydrogen-bond acceptors (Lipinski definition) is 4. The van der Waals surface area contributed by atoms with Gasteiger partial charge in [-0.25, -0.2) is 0 Å². The summed E-state index contributed by atoms with van der Waals surface area (Å²) in [5.74, 6) is -0.0586. The molecule has 0 unspecified atom stereocenters. The maximum Gasteiger partial charge on any atom is 0.464 e. The number of rotatable bonds is 6. The molecule has 0 rings (SSSR count). The zero-order valence-corrected chi connectivity index (χ0v) is 12.7. The standard InChI is InChI=1S/C12H24O4Si/c1-9(2)7-17(8-10(3)4,15-11(5)13)16-12(6)14/h9-10H,7-8H2,1-6H3. The molecule has 0 N–H and O–H groups in total. The highest BCUT2D eigenvalue weighted by atomic mass is 28.4. The summed E-state index contributed by atoms with van der Waals surface area (Å²) in [5, 5.41) is 0. The summed E-state index contributed by atoms with van der Waals surface area (Å²) in [6.07, 6.45) is 0. The molecular weight excluding hydrogens is 236 g/mol. The molecule has 0 fully saturated rings. The molecule has 0 bridgehead atoms. The molecule has 0 aromatic carbocycles. The Balaban J connectivity index is 5.02. The summed E-state index contributed by atoms with van der Waals surface area (Å²) in [6.45, 7) is 10.9. The monoisotopic (exact) mass is 260 g/mol. The maximum absolute atomic E-state index is 11.2. The van der Waals surface area contributed by atoms with Crippen molar-refractivity contribution in [1.29, 1.82) is 0 Å². The molecule has 0 radical (unpaired) electrons. The predicted octanol–water partition coefficient (Wildman–Crippen LogP) is 2.87. The molecule has 0 saturated carbocycles. The van der Waals surface area contributed by atoms with E-state index >= 15 is 0 Å². The van der Waals surface area contributed by atoms with Crippen LogP contribution in [0, 0.1) is 11.8 Å². The molecule has 100 valence electrons. The Morgan fingerprint density at radius 3 is 1.35 bits per heavy atom. The minimum Gasteiger partial charge on any atom is -0.485 e. The van der Waals surface area contributed by atoms with Gasteiger partial charge < -0.3 is 8.85 Å². The Hall–Kier alpha value is -0.843. The van der Waals surface area contributed by atoms with E-state index in [0.29, 0.717) is 23.9 Å². The molecular formula is C12H24O4Si. The van der Waals surface area contributed by atoms with Gasteiger partial charge in [-0.2, -0.15) is 0 Å². The lowest BCUT2D eigenvalue weighted by Gasteiger charge is -2.31. The molecule has 0 aromatic heterocycles. The zero-order chi connectivity index (χ0) is 13.6. The molecule has 0 heterocycles. The average molecular weight is 260 g/mol. The Bertz CT molecular complexity index is 246. The molecule has 0 aliphatic heterocycles. The van der Waals surface area contributed by atoms with E-state index in [9.17, 15) is 9.59 Å². The third kappa shape index (κ3) is 7.15. The largest absolute Gasteiger partial charge is 0.485 e. The highest BCUT2D eigenvalue weighted by Gasteiger charge is 2.45. The van der Waals surface area contributed by atoms with Gasteiger partial charge in [0.2, 0.25) is 0 Å². The van der Waals surface area contributed by atoms with Gasteiger partial charge in [0, 0.05) is 25.9 Å². The third-order valence-electron chi connectivity index (χ3n) is 2.10. The smallest absolute Gasteiger partial charge is 0.464 e. The van der Waals surface area contributed by atoms with E-state index in [4.69, 9.17) is 8.85 Å². The summed E-state index contributed by atoms with van der Waals surface area (Å²) >= 11 is 0. The molecule has 0 amide bonds. The van der Waals surface area contributed by atoms with Crippen LogP contribution in [0.15, 0.2) is 0 Å². The van der Waals surface area contributed by atoms with Gasteiger partial charge in [-0.15, -0.1) is 0 Å². The second kappa shape index (κ2) is 6.79. The van der Waals surface area contributed by atoms with E-state index in [1.807, 2.05) is 27.7 Å². The second-order valence-electron chi connectivity index (χ2n) is 5.29. The van der Waals surface area contributed by atoms with Gasteiger partial charge in [-0.1, -0.05) is 27.7 Å². The molecule has 0 atom stereocenters. The fraction of sp³-hybridized carbons (Fsp3) is 0.833. The summed E-state index contributed by atoms with van der Waals surface area (Å²) in [5.41, 5.74) is 0. The van der Waals surface area contributed by atoms with Crippen molar-refractivity contribution < 1.29 is 18.4 Å². The van der Waals surface area contributed by atoms with Gasteiger partial charge in [0.1, 0.15) is 0 Å². The van der Waals surface area contributed by atoms with E-state index in [1.165, 1.54) is 13.8 Å². The van der Waals surface area contributed by atoms with Crippen molar-refractivity contribution in [3.05, 3.63) is 0 Å². The summed E-state index contributed by atoms with van der Waals surface area (Å²) in [4.78, 5) is 22.5. The van der Waals surface area contributed by atoms with Gasteiger partial charge in [-0.3, -0.25) is 9.59 Å². The Kier molecular flexibility index (Phi) is 6.45. The normalized spacial score (nSPS) is 11.8. The van der Waals surface area contributed by atoms with Crippen molar-refractivity contribution in [3.8, 4) is 0 Å². The van der Waals surface area contributed by atoms with E-state index in [0.717, 1.165) is 0 Å². The number of carbonyl (C=O) groups is 2. The van der Waals surface area contributed by atoms with Crippen LogP contribution in [0.3, 0.4) is 0 Å². The lowest BCUT2D eigenvalue weighted by molar-refractivity contribution is -0.139. The molecule has 0 aromatic rings. The van der Waals surface area contributed by atoms with E-state index in [-0.39, 0.29) is 11.9 Å². The van der Waals surface area contributed by atoms with E-state index < -0.39 is 8.56 Å². The molecule has 0 aliphatic carbocycles. The number of hydrogen-bond donors (Lipinski definition) is 0. The van der Waals surface area contributed by atoms with Crippen molar-refractivity contribution >= 4 is 20.5 Å². The molecule has 5 heteroatoms. The fourth-order valence-electron chi connectivity index (χ4n) is 2.04. The van der Waals surface area contributed by atoms with Crippen LogP contribution in [0.25, 0.3) is 0 Å². The zero-order valence-electron chi connectivity index (χ0n) is 11.7. The lowest BCUT2D eigenvalue weighted by atomic mass is 10.3. The third-order valence-corrected chi connectivity index (χ3v) is 6.29. The summed E-state index contributed by atoms with van der Waals surface area (Å²) in [7, 11) is -2.75. The highest BCUT2D eigenvalue weighted by molar-refractivity contribution is 6.70. The van der Waals surface area contributed by atoms with Crippen LogP contribution in [-0.2, 0) is 18.4 Å². The quantitative estimate of drug-likeness (QED) is 0.689. The Morgan fingerprint density at radius 1 is 0.882 bits per heavy atom. The topological polar surface area (TPSA) is 52.6 Å². The minimum absolute atomic E-state index is 0.333. The first kappa shape index (κ1) is 16.2. The summed E-state index contributed by atoms with van der Waals surface area (Å²) < 4.78 is 10.9. The molecule has 0 saturated heterocycles. The van der Waals surface area contributed by atoms with Crippen LogP contribution >= 0.6 is 0 Å². The van der Waals surface area contributed by atoms with Crippen LogP contribution in [0.2, 0.25) is 12.1 Å². The fourth-order valence-corrected chi connectivity index (χ4v) is 6.12.